The van der Waals surface area contributed by atoms with Crippen molar-refractivity contribution in [1.29, 1.82) is 0 Å². The smallest absolute Gasteiger partial charge is 0.0222 e. The summed E-state index contributed by atoms with van der Waals surface area (Å²) >= 11 is 0. The quantitative estimate of drug-likeness (QED) is 0.475. The molecule has 0 radical (unpaired) electrons. The lowest BCUT2D eigenvalue weighted by atomic mass is 9.18. The van der Waals surface area contributed by atoms with Crippen LogP contribution in [0.25, 0.3) is 0 Å². The van der Waals surface area contributed by atoms with Gasteiger partial charge in [0, 0.05) is 0 Å². The third kappa shape index (κ3) is 1.86. The molecular formula is C21H38. The molecule has 3 rings (SSSR count). The fourth-order valence-corrected chi connectivity index (χ4v) is 7.51. The highest BCUT2D eigenvalue weighted by Crippen LogP contribution is 2.88. The van der Waals surface area contributed by atoms with Crippen molar-refractivity contribution in [3.05, 3.63) is 0 Å². The fourth-order valence-electron chi connectivity index (χ4n) is 7.51. The SMILES string of the molecule is CCCC(C(CC)C(C)CC)C12CC3CC(C(C)C)(C1)C32. The van der Waals surface area contributed by atoms with Gasteiger partial charge < -0.3 is 0 Å². The molecule has 0 spiro atoms. The molecule has 0 aromatic rings. The molecular weight excluding hydrogens is 252 g/mol. The lowest BCUT2D eigenvalue weighted by molar-refractivity contribution is -0.377. The minimum atomic E-state index is 0.794. The van der Waals surface area contributed by atoms with Gasteiger partial charge in [-0.25, -0.2) is 0 Å². The summed E-state index contributed by atoms with van der Waals surface area (Å²) < 4.78 is 0. The molecule has 0 N–H and O–H groups in total. The molecule has 3 aliphatic rings. The van der Waals surface area contributed by atoms with E-state index in [-0.39, 0.29) is 0 Å². The Labute approximate surface area is 133 Å². The zero-order chi connectivity index (χ0) is 15.4. The first kappa shape index (κ1) is 15.9. The summed E-state index contributed by atoms with van der Waals surface area (Å²) in [7, 11) is 0. The van der Waals surface area contributed by atoms with Crippen molar-refractivity contribution in [2.75, 3.05) is 0 Å². The largest absolute Gasteiger partial charge is 0.0654 e. The molecule has 0 bridgehead atoms. The molecule has 3 fully saturated rings. The Morgan fingerprint density at radius 3 is 2.05 bits per heavy atom. The van der Waals surface area contributed by atoms with E-state index >= 15 is 0 Å². The predicted molar refractivity (Wildman–Crippen MR) is 92.2 cm³/mol. The molecule has 3 saturated carbocycles. The lowest BCUT2D eigenvalue weighted by Gasteiger charge is -2.86. The third-order valence-electron chi connectivity index (χ3n) is 8.50. The van der Waals surface area contributed by atoms with E-state index in [1.54, 1.807) is 19.3 Å². The van der Waals surface area contributed by atoms with Gasteiger partial charge in [-0.3, -0.25) is 0 Å². The molecule has 0 aromatic carbocycles. The van der Waals surface area contributed by atoms with Crippen LogP contribution < -0.4 is 0 Å². The highest BCUT2D eigenvalue weighted by Gasteiger charge is 2.81. The summed E-state index contributed by atoms with van der Waals surface area (Å²) in [6, 6.07) is 0. The third-order valence-corrected chi connectivity index (χ3v) is 8.50. The summed E-state index contributed by atoms with van der Waals surface area (Å²) in [4.78, 5) is 0. The molecule has 0 aromatic heterocycles. The van der Waals surface area contributed by atoms with Gasteiger partial charge in [-0.1, -0.05) is 60.8 Å². The Bertz CT molecular complexity index is 383. The van der Waals surface area contributed by atoms with Gasteiger partial charge >= 0.3 is 0 Å². The first-order chi connectivity index (χ1) is 9.96. The number of hydrogen-bond donors (Lipinski definition) is 0. The van der Waals surface area contributed by atoms with Crippen LogP contribution in [-0.2, 0) is 0 Å². The molecule has 0 amide bonds. The van der Waals surface area contributed by atoms with Crippen molar-refractivity contribution in [1.82, 2.24) is 0 Å². The maximum atomic E-state index is 2.53. The molecule has 7 atom stereocenters. The average Bonchev–Trinajstić information content (AvgIpc) is 2.45. The zero-order valence-corrected chi connectivity index (χ0v) is 15.4. The Morgan fingerprint density at radius 1 is 0.952 bits per heavy atom. The molecule has 0 aliphatic heterocycles. The molecule has 21 heavy (non-hydrogen) atoms. The highest BCUT2D eigenvalue weighted by atomic mass is 14.8. The summed E-state index contributed by atoms with van der Waals surface area (Å²) in [6.45, 7) is 14.8. The van der Waals surface area contributed by atoms with Crippen LogP contribution in [0.2, 0.25) is 0 Å². The first-order valence-corrected chi connectivity index (χ1v) is 9.96. The summed E-state index contributed by atoms with van der Waals surface area (Å²) in [6.07, 6.45) is 10.5. The molecule has 0 saturated heterocycles. The van der Waals surface area contributed by atoms with Crippen LogP contribution in [-0.4, -0.2) is 0 Å². The molecule has 0 nitrogen and oxygen atoms in total. The first-order valence-electron chi connectivity index (χ1n) is 9.96. The summed E-state index contributed by atoms with van der Waals surface area (Å²) in [5.74, 6) is 6.15. The van der Waals surface area contributed by atoms with Crippen LogP contribution in [0.1, 0.15) is 86.5 Å². The minimum Gasteiger partial charge on any atom is -0.0654 e. The van der Waals surface area contributed by atoms with Gasteiger partial charge in [0.1, 0.15) is 0 Å². The molecule has 0 heterocycles. The van der Waals surface area contributed by atoms with E-state index in [1.165, 1.54) is 25.7 Å². The van der Waals surface area contributed by atoms with Gasteiger partial charge in [-0.2, -0.15) is 0 Å². The average molecular weight is 291 g/mol. The molecule has 122 valence electrons. The van der Waals surface area contributed by atoms with Crippen LogP contribution in [0, 0.1) is 46.3 Å². The highest BCUT2D eigenvalue weighted by molar-refractivity contribution is 5.29. The minimum absolute atomic E-state index is 0.794. The van der Waals surface area contributed by atoms with Crippen LogP contribution >= 0.6 is 0 Å². The monoisotopic (exact) mass is 290 g/mol. The van der Waals surface area contributed by atoms with E-state index in [0.29, 0.717) is 0 Å². The van der Waals surface area contributed by atoms with Gasteiger partial charge in [0.25, 0.3) is 0 Å². The Hall–Kier alpha value is 0. The maximum absolute atomic E-state index is 2.53. The predicted octanol–water partition coefficient (Wildman–Crippen LogP) is 6.55. The van der Waals surface area contributed by atoms with Gasteiger partial charge in [0.05, 0.1) is 0 Å². The van der Waals surface area contributed by atoms with E-state index in [1.807, 2.05) is 0 Å². The second-order valence-electron chi connectivity index (χ2n) is 9.30. The van der Waals surface area contributed by atoms with Crippen LogP contribution in [0.4, 0.5) is 0 Å². The molecule has 0 heteroatoms. The van der Waals surface area contributed by atoms with E-state index in [4.69, 9.17) is 0 Å². The normalized spacial score (nSPS) is 44.1. The second kappa shape index (κ2) is 5.27. The van der Waals surface area contributed by atoms with Gasteiger partial charge in [-0.15, -0.1) is 0 Å². The summed E-state index contributed by atoms with van der Waals surface area (Å²) in [5, 5.41) is 0. The van der Waals surface area contributed by atoms with Gasteiger partial charge in [0.15, 0.2) is 0 Å². The number of hydrogen-bond acceptors (Lipinski definition) is 0. The van der Waals surface area contributed by atoms with Crippen molar-refractivity contribution in [2.24, 2.45) is 46.3 Å². The van der Waals surface area contributed by atoms with Crippen molar-refractivity contribution in [3.63, 3.8) is 0 Å². The zero-order valence-electron chi connectivity index (χ0n) is 15.4. The van der Waals surface area contributed by atoms with Gasteiger partial charge in [-0.05, 0) is 72.0 Å². The van der Waals surface area contributed by atoms with Crippen LogP contribution in [0.3, 0.4) is 0 Å². The Kier molecular flexibility index (Phi) is 3.99. The molecule has 7 unspecified atom stereocenters. The van der Waals surface area contributed by atoms with Crippen LogP contribution in [0.5, 0.6) is 0 Å². The maximum Gasteiger partial charge on any atom is -0.0222 e. The van der Waals surface area contributed by atoms with Crippen molar-refractivity contribution < 1.29 is 0 Å². The van der Waals surface area contributed by atoms with Gasteiger partial charge in [0.2, 0.25) is 0 Å². The van der Waals surface area contributed by atoms with E-state index in [2.05, 4.69) is 41.5 Å². The standard InChI is InChI=1S/C21H38/c1-7-10-18(17(9-3)15(6)8-2)21-12-16-11-20(13-21,14(4)5)19(16)21/h14-19H,7-13H2,1-6H3. The summed E-state index contributed by atoms with van der Waals surface area (Å²) in [5.41, 5.74) is 1.59. The number of rotatable bonds is 8. The van der Waals surface area contributed by atoms with Crippen molar-refractivity contribution in [2.45, 2.75) is 86.5 Å². The van der Waals surface area contributed by atoms with E-state index in [0.717, 1.165) is 46.3 Å². The van der Waals surface area contributed by atoms with Crippen molar-refractivity contribution >= 4 is 0 Å². The van der Waals surface area contributed by atoms with Crippen LogP contribution in [0.15, 0.2) is 0 Å². The van der Waals surface area contributed by atoms with Crippen molar-refractivity contribution in [3.8, 4) is 0 Å². The lowest BCUT2D eigenvalue weighted by Crippen LogP contribution is -2.79. The molecule has 3 aliphatic carbocycles. The second-order valence-corrected chi connectivity index (χ2v) is 9.30. The van der Waals surface area contributed by atoms with E-state index in [9.17, 15) is 0 Å². The fraction of sp³-hybridized carbons (Fsp3) is 1.00. The Morgan fingerprint density at radius 2 is 1.62 bits per heavy atom. The Balaban J connectivity index is 1.80. The topological polar surface area (TPSA) is 0 Å². The van der Waals surface area contributed by atoms with E-state index < -0.39 is 0 Å².